The summed E-state index contributed by atoms with van der Waals surface area (Å²) in [6.45, 7) is -3.62. The molecule has 3 heteroatoms. The van der Waals surface area contributed by atoms with Crippen molar-refractivity contribution in [2.45, 2.75) is 0 Å². The molecular weight excluding hydrogens is 487 g/mol. The fourth-order valence-corrected chi connectivity index (χ4v) is 10.4. The molecule has 0 saturated carbocycles. The monoisotopic (exact) mass is 512 g/mol. The van der Waals surface area contributed by atoms with E-state index in [0.29, 0.717) is 0 Å². The molecule has 5 rings (SSSR count). The van der Waals surface area contributed by atoms with Crippen LogP contribution in [0, 0.1) is 0 Å². The van der Waals surface area contributed by atoms with Crippen molar-refractivity contribution in [2.75, 3.05) is 0 Å². The third-order valence-electron chi connectivity index (χ3n) is 6.03. The van der Waals surface area contributed by atoms with Gasteiger partial charge < -0.3 is 0 Å². The number of halogens is 1. The van der Waals surface area contributed by atoms with Crippen LogP contribution in [0.2, 0.25) is 0 Å². The minimum atomic E-state index is -3.62. The molecule has 0 bridgehead atoms. The van der Waals surface area contributed by atoms with Crippen LogP contribution < -0.4 is 25.7 Å². The first kappa shape index (κ1) is 23.0. The second-order valence-electron chi connectivity index (χ2n) is 7.78. The molecular formula is C30H26BrOP. The SMILES string of the molecule is Br.c1ccc(OP(c2ccccc2)(c2ccccc2)(c2ccccc2)c2ccccc2)cc1. The Bertz CT molecular complexity index is 1110. The summed E-state index contributed by atoms with van der Waals surface area (Å²) in [6, 6.07) is 53.1. The first-order chi connectivity index (χ1) is 15.8. The summed E-state index contributed by atoms with van der Waals surface area (Å²) in [7, 11) is 0. The molecule has 0 atom stereocenters. The van der Waals surface area contributed by atoms with Crippen LogP contribution in [-0.4, -0.2) is 0 Å². The van der Waals surface area contributed by atoms with Crippen LogP contribution >= 0.6 is 23.8 Å². The molecule has 5 aromatic rings. The maximum atomic E-state index is 7.46. The summed E-state index contributed by atoms with van der Waals surface area (Å²) in [4.78, 5) is 0. The Hall–Kier alpha value is -3.19. The Morgan fingerprint density at radius 2 is 0.576 bits per heavy atom. The van der Waals surface area contributed by atoms with E-state index in [9.17, 15) is 0 Å². The predicted molar refractivity (Wildman–Crippen MR) is 149 cm³/mol. The van der Waals surface area contributed by atoms with Crippen LogP contribution in [0.15, 0.2) is 152 Å². The van der Waals surface area contributed by atoms with E-state index in [-0.39, 0.29) is 17.0 Å². The second kappa shape index (κ2) is 9.75. The Kier molecular flexibility index (Phi) is 6.79. The molecule has 0 aliphatic carbocycles. The average Bonchev–Trinajstić information content (AvgIpc) is 2.90. The zero-order chi connectivity index (χ0) is 21.7. The Morgan fingerprint density at radius 3 is 0.848 bits per heavy atom. The fraction of sp³-hybridized carbons (Fsp3) is 0. The van der Waals surface area contributed by atoms with E-state index in [4.69, 9.17) is 4.52 Å². The Labute approximate surface area is 206 Å². The molecule has 164 valence electrons. The summed E-state index contributed by atoms with van der Waals surface area (Å²) in [5.41, 5.74) is 0. The molecule has 0 unspecified atom stereocenters. The molecule has 0 amide bonds. The van der Waals surface area contributed by atoms with E-state index in [2.05, 4.69) is 133 Å². The van der Waals surface area contributed by atoms with Crippen molar-refractivity contribution in [1.29, 1.82) is 0 Å². The van der Waals surface area contributed by atoms with Crippen LogP contribution in [0.5, 0.6) is 5.75 Å². The van der Waals surface area contributed by atoms with Crippen molar-refractivity contribution in [3.05, 3.63) is 152 Å². The number of para-hydroxylation sites is 1. The van der Waals surface area contributed by atoms with Gasteiger partial charge in [0.1, 0.15) is 0 Å². The third-order valence-corrected chi connectivity index (χ3v) is 11.7. The van der Waals surface area contributed by atoms with E-state index in [1.807, 2.05) is 18.2 Å². The van der Waals surface area contributed by atoms with E-state index < -0.39 is 6.83 Å². The van der Waals surface area contributed by atoms with Crippen LogP contribution in [0.3, 0.4) is 0 Å². The van der Waals surface area contributed by atoms with E-state index in [1.165, 1.54) is 21.2 Å². The standard InChI is InChI=1S/C30H25OP.BrH/c1-6-16-26(17-7-1)31-32(27-18-8-2-9-19-27,28-20-10-3-11-21-28,29-22-12-4-13-23-29)30-24-14-5-15-25-30;/h1-25H;1H. The summed E-state index contributed by atoms with van der Waals surface area (Å²) in [5.74, 6) is 0.852. The van der Waals surface area contributed by atoms with Crippen molar-refractivity contribution < 1.29 is 4.52 Å². The molecule has 5 aromatic carbocycles. The van der Waals surface area contributed by atoms with Gasteiger partial charge in [-0.15, -0.1) is 17.0 Å². The van der Waals surface area contributed by atoms with Gasteiger partial charge in [0.15, 0.2) is 0 Å². The minimum absolute atomic E-state index is 0. The van der Waals surface area contributed by atoms with Crippen LogP contribution in [0.25, 0.3) is 0 Å². The molecule has 0 heterocycles. The van der Waals surface area contributed by atoms with Crippen molar-refractivity contribution in [3.63, 3.8) is 0 Å². The van der Waals surface area contributed by atoms with Gasteiger partial charge in [-0.3, -0.25) is 0 Å². The summed E-state index contributed by atoms with van der Waals surface area (Å²) in [5, 5.41) is 4.69. The summed E-state index contributed by atoms with van der Waals surface area (Å²) in [6.07, 6.45) is 0. The normalized spacial score (nSPS) is 12.1. The first-order valence-electron chi connectivity index (χ1n) is 10.8. The van der Waals surface area contributed by atoms with Crippen LogP contribution in [0.4, 0.5) is 0 Å². The van der Waals surface area contributed by atoms with Crippen LogP contribution in [0.1, 0.15) is 0 Å². The van der Waals surface area contributed by atoms with Crippen LogP contribution in [-0.2, 0) is 0 Å². The average molecular weight is 513 g/mol. The maximum absolute atomic E-state index is 7.46. The zero-order valence-corrected chi connectivity index (χ0v) is 20.8. The Balaban J connectivity index is 0.00000259. The number of benzene rings is 5. The van der Waals surface area contributed by atoms with Gasteiger partial charge in [-0.1, -0.05) is 0 Å². The summed E-state index contributed by atoms with van der Waals surface area (Å²) >= 11 is 0. The van der Waals surface area contributed by atoms with Gasteiger partial charge in [-0.05, 0) is 0 Å². The topological polar surface area (TPSA) is 9.23 Å². The summed E-state index contributed by atoms with van der Waals surface area (Å²) < 4.78 is 7.46. The van der Waals surface area contributed by atoms with E-state index in [1.54, 1.807) is 0 Å². The zero-order valence-electron chi connectivity index (χ0n) is 18.2. The predicted octanol–water partition coefficient (Wildman–Crippen LogP) is 6.41. The molecule has 0 aromatic heterocycles. The van der Waals surface area contributed by atoms with E-state index in [0.717, 1.165) is 5.75 Å². The van der Waals surface area contributed by atoms with Gasteiger partial charge in [0.2, 0.25) is 0 Å². The third kappa shape index (κ3) is 3.70. The quantitative estimate of drug-likeness (QED) is 0.239. The van der Waals surface area contributed by atoms with Gasteiger partial charge in [-0.25, -0.2) is 0 Å². The second-order valence-corrected chi connectivity index (χ2v) is 12.1. The van der Waals surface area contributed by atoms with Crippen molar-refractivity contribution in [2.24, 2.45) is 0 Å². The first-order valence-corrected chi connectivity index (χ1v) is 13.0. The van der Waals surface area contributed by atoms with Gasteiger partial charge in [-0.2, -0.15) is 0 Å². The van der Waals surface area contributed by atoms with Crippen molar-refractivity contribution in [1.82, 2.24) is 0 Å². The van der Waals surface area contributed by atoms with Crippen molar-refractivity contribution in [3.8, 4) is 5.75 Å². The molecule has 33 heavy (non-hydrogen) atoms. The van der Waals surface area contributed by atoms with Gasteiger partial charge in [0, 0.05) is 0 Å². The van der Waals surface area contributed by atoms with Gasteiger partial charge in [0.25, 0.3) is 0 Å². The molecule has 0 radical (unpaired) electrons. The molecule has 1 nitrogen and oxygen atoms in total. The molecule has 0 fully saturated rings. The molecule has 0 aliphatic heterocycles. The van der Waals surface area contributed by atoms with E-state index >= 15 is 0 Å². The van der Waals surface area contributed by atoms with Gasteiger partial charge in [0.05, 0.1) is 0 Å². The number of hydrogen-bond donors (Lipinski definition) is 0. The number of hydrogen-bond acceptors (Lipinski definition) is 1. The number of rotatable bonds is 6. The molecule has 0 saturated heterocycles. The molecule has 0 aliphatic rings. The van der Waals surface area contributed by atoms with Gasteiger partial charge >= 0.3 is 190 Å². The molecule has 0 spiro atoms. The van der Waals surface area contributed by atoms with Crippen molar-refractivity contribution >= 4 is 45.0 Å². The molecule has 0 N–H and O–H groups in total. The fourth-order valence-electron chi connectivity index (χ4n) is 4.65. The Morgan fingerprint density at radius 1 is 0.333 bits per heavy atom.